The van der Waals surface area contributed by atoms with Crippen molar-refractivity contribution in [3.63, 3.8) is 0 Å². The van der Waals surface area contributed by atoms with Crippen LogP contribution in [0.1, 0.15) is 0 Å². The van der Waals surface area contributed by atoms with Crippen LogP contribution in [0.3, 0.4) is 0 Å². The van der Waals surface area contributed by atoms with E-state index < -0.39 is 0 Å². The summed E-state index contributed by atoms with van der Waals surface area (Å²) in [5.74, 6) is 0. The van der Waals surface area contributed by atoms with Crippen molar-refractivity contribution in [3.8, 4) is 44.5 Å². The first-order valence-corrected chi connectivity index (χ1v) is 11.4. The van der Waals surface area contributed by atoms with Gasteiger partial charge in [0.15, 0.2) is 0 Å². The third-order valence-electron chi connectivity index (χ3n) is 5.67. The van der Waals surface area contributed by atoms with E-state index in [1.165, 1.54) is 22.3 Å². The maximum atomic E-state index is 6.82. The molecule has 0 amide bonds. The van der Waals surface area contributed by atoms with Gasteiger partial charge >= 0.3 is 0 Å². The molecule has 0 heterocycles. The van der Waals surface area contributed by atoms with E-state index in [0.717, 1.165) is 32.5 Å². The summed E-state index contributed by atoms with van der Waals surface area (Å²) in [5, 5.41) is 1.75. The second-order valence-electron chi connectivity index (χ2n) is 7.74. The maximum absolute atomic E-state index is 6.82. The van der Waals surface area contributed by atoms with Crippen LogP contribution in [0.15, 0.2) is 121 Å². The monoisotopic (exact) mass is 443 g/mol. The molecule has 0 spiro atoms. The van der Waals surface area contributed by atoms with Crippen LogP contribution in [0.2, 0.25) is 5.02 Å². The molecule has 0 unspecified atom stereocenters. The smallest absolute Gasteiger partial charge is 0.0720 e. The summed E-state index contributed by atoms with van der Waals surface area (Å²) < 4.78 is 0. The highest BCUT2D eigenvalue weighted by molar-refractivity contribution is 6.40. The summed E-state index contributed by atoms with van der Waals surface area (Å²) in [6.45, 7) is 0. The molecule has 0 atom stereocenters. The van der Waals surface area contributed by atoms with Crippen LogP contribution in [0.25, 0.3) is 44.5 Å². The van der Waals surface area contributed by atoms with Crippen molar-refractivity contribution in [1.82, 2.24) is 0 Å². The van der Waals surface area contributed by atoms with Gasteiger partial charge in [0.1, 0.15) is 0 Å². The predicted molar refractivity (Wildman–Crippen MR) is 139 cm³/mol. The number of halogens is 1. The average Bonchev–Trinajstić information content (AvgIpc) is 2.86. The topological polar surface area (TPSA) is 0 Å². The zero-order chi connectivity index (χ0) is 21.9. The maximum Gasteiger partial charge on any atom is 0.0720 e. The molecule has 5 aromatic carbocycles. The van der Waals surface area contributed by atoms with Gasteiger partial charge in [0.05, 0.1) is 10.2 Å². The molecule has 0 aliphatic carbocycles. The molecule has 0 nitrogen and oxygen atoms in total. The summed E-state index contributed by atoms with van der Waals surface area (Å²) >= 11 is 6.82. The Morgan fingerprint density at radius 3 is 1.38 bits per heavy atom. The first-order chi connectivity index (χ1) is 15.7. The molecule has 0 aromatic heterocycles. The van der Waals surface area contributed by atoms with Crippen molar-refractivity contribution in [3.05, 3.63) is 126 Å². The van der Waals surface area contributed by atoms with Gasteiger partial charge in [0.2, 0.25) is 0 Å². The third kappa shape index (κ3) is 4.05. The highest BCUT2D eigenvalue weighted by Crippen LogP contribution is 2.38. The molecule has 2 heteroatoms. The van der Waals surface area contributed by atoms with Crippen LogP contribution in [-0.4, -0.2) is 10.2 Å². The highest BCUT2D eigenvalue weighted by atomic mass is 35.5. The minimum atomic E-state index is 0.734. The van der Waals surface area contributed by atoms with E-state index in [4.69, 9.17) is 11.6 Å². The fourth-order valence-corrected chi connectivity index (χ4v) is 4.75. The Morgan fingerprint density at radius 1 is 0.406 bits per heavy atom. The number of benzene rings is 5. The largest absolute Gasteiger partial charge is 0.0836 e. The lowest BCUT2D eigenvalue weighted by atomic mass is 9.91. The van der Waals surface area contributed by atoms with Crippen LogP contribution < -0.4 is 5.19 Å². The molecule has 5 rings (SSSR count). The van der Waals surface area contributed by atoms with Crippen LogP contribution in [0.5, 0.6) is 0 Å². The molecule has 0 N–H and O–H groups in total. The molecule has 151 valence electrons. The SMILES string of the molecule is [Si]c1ccc(Cl)c(-c2cccc(-c3ccccc3)c2)c1-c1cccc(-c2ccccc2)c1. The van der Waals surface area contributed by atoms with E-state index in [1.54, 1.807) is 0 Å². The molecule has 5 aromatic rings. The van der Waals surface area contributed by atoms with Gasteiger partial charge in [-0.15, -0.1) is 0 Å². The Balaban J connectivity index is 1.68. The van der Waals surface area contributed by atoms with Crippen molar-refractivity contribution in [2.75, 3.05) is 0 Å². The number of hydrogen-bond acceptors (Lipinski definition) is 0. The van der Waals surface area contributed by atoms with Gasteiger partial charge in [0.25, 0.3) is 0 Å². The van der Waals surface area contributed by atoms with Gasteiger partial charge in [-0.25, -0.2) is 0 Å². The highest BCUT2D eigenvalue weighted by Gasteiger charge is 2.15. The zero-order valence-electron chi connectivity index (χ0n) is 17.4. The molecular formula is C30H20ClSi. The van der Waals surface area contributed by atoms with Gasteiger partial charge in [-0.2, -0.15) is 0 Å². The van der Waals surface area contributed by atoms with E-state index in [9.17, 15) is 0 Å². The molecule has 0 aliphatic rings. The van der Waals surface area contributed by atoms with Crippen LogP contribution in [0, 0.1) is 0 Å². The van der Waals surface area contributed by atoms with Crippen molar-refractivity contribution in [1.29, 1.82) is 0 Å². The van der Waals surface area contributed by atoms with Crippen molar-refractivity contribution in [2.24, 2.45) is 0 Å². The second kappa shape index (κ2) is 9.00. The molecule has 0 bridgehead atoms. The van der Waals surface area contributed by atoms with Crippen LogP contribution in [-0.2, 0) is 0 Å². The minimum Gasteiger partial charge on any atom is -0.0836 e. The Hall–Kier alpha value is -3.39. The van der Waals surface area contributed by atoms with Gasteiger partial charge in [0, 0.05) is 10.6 Å². The lowest BCUT2D eigenvalue weighted by Crippen LogP contribution is -2.08. The normalized spacial score (nSPS) is 10.8. The number of hydrogen-bond donors (Lipinski definition) is 0. The molecule has 32 heavy (non-hydrogen) atoms. The summed E-state index contributed by atoms with van der Waals surface area (Å²) in [6.07, 6.45) is 0. The Morgan fingerprint density at radius 2 is 0.844 bits per heavy atom. The Labute approximate surface area is 197 Å². The Kier molecular flexibility index (Phi) is 5.77. The quantitative estimate of drug-likeness (QED) is 0.248. The molecular weight excluding hydrogens is 424 g/mol. The second-order valence-corrected chi connectivity index (χ2v) is 8.68. The molecule has 3 radical (unpaired) electrons. The summed E-state index contributed by atoms with van der Waals surface area (Å²) in [7, 11) is 3.86. The molecule has 0 saturated heterocycles. The van der Waals surface area contributed by atoms with Crippen molar-refractivity contribution in [2.45, 2.75) is 0 Å². The fourth-order valence-electron chi connectivity index (χ4n) is 4.13. The van der Waals surface area contributed by atoms with E-state index in [2.05, 4.69) is 107 Å². The summed E-state index contributed by atoms with van der Waals surface area (Å²) in [6, 6.07) is 42.1. The first kappa shape index (κ1) is 20.5. The fraction of sp³-hybridized carbons (Fsp3) is 0. The zero-order valence-corrected chi connectivity index (χ0v) is 19.2. The Bertz CT molecular complexity index is 1270. The predicted octanol–water partition coefficient (Wildman–Crippen LogP) is 7.80. The number of rotatable bonds is 4. The van der Waals surface area contributed by atoms with E-state index in [0.29, 0.717) is 0 Å². The lowest BCUT2D eigenvalue weighted by molar-refractivity contribution is 1.57. The summed E-state index contributed by atoms with van der Waals surface area (Å²) in [4.78, 5) is 0. The summed E-state index contributed by atoms with van der Waals surface area (Å²) in [5.41, 5.74) is 9.07. The molecule has 0 saturated carbocycles. The standard InChI is InChI=1S/C30H20ClSi/c31-27-17-18-28(32)30(26-16-8-14-24(20-26)22-11-5-2-6-12-22)29(27)25-15-7-13-23(19-25)21-9-3-1-4-10-21/h1-20H. The van der Waals surface area contributed by atoms with E-state index in [1.807, 2.05) is 24.3 Å². The van der Waals surface area contributed by atoms with Crippen LogP contribution in [0.4, 0.5) is 0 Å². The van der Waals surface area contributed by atoms with Gasteiger partial charge < -0.3 is 0 Å². The van der Waals surface area contributed by atoms with E-state index in [-0.39, 0.29) is 0 Å². The minimum absolute atomic E-state index is 0.734. The third-order valence-corrected chi connectivity index (χ3v) is 6.40. The molecule has 0 aliphatic heterocycles. The van der Waals surface area contributed by atoms with E-state index >= 15 is 0 Å². The van der Waals surface area contributed by atoms with Gasteiger partial charge in [-0.1, -0.05) is 120 Å². The van der Waals surface area contributed by atoms with Crippen molar-refractivity contribution >= 4 is 27.0 Å². The lowest BCUT2D eigenvalue weighted by Gasteiger charge is -2.17. The molecule has 0 fully saturated rings. The van der Waals surface area contributed by atoms with Crippen LogP contribution >= 0.6 is 11.6 Å². The van der Waals surface area contributed by atoms with Crippen molar-refractivity contribution < 1.29 is 0 Å². The average molecular weight is 444 g/mol. The first-order valence-electron chi connectivity index (χ1n) is 10.6. The van der Waals surface area contributed by atoms with Gasteiger partial charge in [-0.05, 0) is 57.1 Å². The van der Waals surface area contributed by atoms with Gasteiger partial charge in [-0.3, -0.25) is 0 Å².